The van der Waals surface area contributed by atoms with Crippen LogP contribution >= 0.6 is 0 Å². The lowest BCUT2D eigenvalue weighted by atomic mass is 10.1. The van der Waals surface area contributed by atoms with Crippen LogP contribution in [-0.4, -0.2) is 71.0 Å². The van der Waals surface area contributed by atoms with E-state index in [1.807, 2.05) is 51.1 Å². The fourth-order valence-electron chi connectivity index (χ4n) is 4.02. The maximum atomic E-state index is 13.1. The highest BCUT2D eigenvalue weighted by molar-refractivity contribution is 6.02. The summed E-state index contributed by atoms with van der Waals surface area (Å²) in [6.07, 6.45) is 0. The van der Waals surface area contributed by atoms with Gasteiger partial charge in [0.1, 0.15) is 5.75 Å². The normalized spacial score (nSPS) is 13.9. The number of ether oxygens (including phenoxy) is 2. The third-order valence-corrected chi connectivity index (χ3v) is 5.63. The van der Waals surface area contributed by atoms with E-state index in [4.69, 9.17) is 9.47 Å². The zero-order chi connectivity index (χ0) is 25.4. The molecule has 3 N–H and O–H groups in total. The molecule has 0 unspecified atom stereocenters. The summed E-state index contributed by atoms with van der Waals surface area (Å²) in [4.78, 5) is 29.9. The largest absolute Gasteiger partial charge is 0.495 e. The van der Waals surface area contributed by atoms with E-state index in [0.29, 0.717) is 24.4 Å². The molecular formula is C26H37N5O4. The molecule has 9 nitrogen and oxygen atoms in total. The lowest BCUT2D eigenvalue weighted by molar-refractivity contribution is 0.0937. The summed E-state index contributed by atoms with van der Waals surface area (Å²) < 4.78 is 10.6. The number of para-hydroxylation sites is 2. The van der Waals surface area contributed by atoms with Crippen molar-refractivity contribution >= 4 is 29.0 Å². The summed E-state index contributed by atoms with van der Waals surface area (Å²) in [6, 6.07) is 13.1. The molecule has 0 aliphatic carbocycles. The van der Waals surface area contributed by atoms with Crippen molar-refractivity contribution in [3.8, 4) is 5.75 Å². The van der Waals surface area contributed by atoms with Crippen LogP contribution in [0.4, 0.5) is 21.9 Å². The second-order valence-electron chi connectivity index (χ2n) is 9.46. The van der Waals surface area contributed by atoms with Crippen LogP contribution in [0.15, 0.2) is 42.5 Å². The number of piperazine rings is 1. The first-order valence-corrected chi connectivity index (χ1v) is 11.8. The second-order valence-corrected chi connectivity index (χ2v) is 9.46. The van der Waals surface area contributed by atoms with Crippen LogP contribution in [0.5, 0.6) is 5.75 Å². The highest BCUT2D eigenvalue weighted by atomic mass is 16.5. The van der Waals surface area contributed by atoms with E-state index in [1.54, 1.807) is 20.3 Å². The van der Waals surface area contributed by atoms with Crippen LogP contribution in [0.3, 0.4) is 0 Å². The number of anilines is 3. The van der Waals surface area contributed by atoms with Gasteiger partial charge in [-0.25, -0.2) is 4.79 Å². The number of carbonyl (C=O) groups excluding carboxylic acids is 2. The average molecular weight is 484 g/mol. The predicted octanol–water partition coefficient (Wildman–Crippen LogP) is 3.32. The highest BCUT2D eigenvalue weighted by Gasteiger charge is 2.24. The van der Waals surface area contributed by atoms with E-state index >= 15 is 0 Å². The zero-order valence-corrected chi connectivity index (χ0v) is 21.3. The van der Waals surface area contributed by atoms with Crippen LogP contribution in [-0.2, 0) is 4.74 Å². The molecule has 3 amide bonds. The zero-order valence-electron chi connectivity index (χ0n) is 21.3. The van der Waals surface area contributed by atoms with Gasteiger partial charge in [0.15, 0.2) is 0 Å². The van der Waals surface area contributed by atoms with Gasteiger partial charge >= 0.3 is 6.03 Å². The van der Waals surface area contributed by atoms with Gasteiger partial charge in [0, 0.05) is 56.7 Å². The Kier molecular flexibility index (Phi) is 8.81. The molecule has 0 saturated carbocycles. The third kappa shape index (κ3) is 7.26. The van der Waals surface area contributed by atoms with E-state index in [9.17, 15) is 9.59 Å². The number of methoxy groups -OCH3 is 2. The molecule has 35 heavy (non-hydrogen) atoms. The second kappa shape index (κ2) is 11.8. The molecule has 0 radical (unpaired) electrons. The van der Waals surface area contributed by atoms with Gasteiger partial charge in [-0.1, -0.05) is 12.1 Å². The van der Waals surface area contributed by atoms with Crippen molar-refractivity contribution < 1.29 is 19.1 Å². The van der Waals surface area contributed by atoms with Crippen molar-refractivity contribution in [2.45, 2.75) is 26.3 Å². The fraction of sp³-hybridized carbons (Fsp3) is 0.462. The summed E-state index contributed by atoms with van der Waals surface area (Å²) >= 11 is 0. The van der Waals surface area contributed by atoms with E-state index in [1.165, 1.54) is 0 Å². The molecule has 0 bridgehead atoms. The molecule has 1 aliphatic heterocycles. The SMILES string of the molecule is COCCNC(=O)c1cc(NC(=O)NC(C)(C)C)ccc1N1CCN(c2ccccc2OC)CC1. The minimum absolute atomic E-state index is 0.205. The van der Waals surface area contributed by atoms with Crippen molar-refractivity contribution in [2.24, 2.45) is 0 Å². The van der Waals surface area contributed by atoms with E-state index < -0.39 is 0 Å². The number of carbonyl (C=O) groups is 2. The van der Waals surface area contributed by atoms with Crippen LogP contribution in [0.1, 0.15) is 31.1 Å². The molecule has 1 aliphatic rings. The predicted molar refractivity (Wildman–Crippen MR) is 140 cm³/mol. The van der Waals surface area contributed by atoms with Crippen molar-refractivity contribution in [3.63, 3.8) is 0 Å². The number of rotatable bonds is 8. The Balaban J connectivity index is 1.78. The molecule has 1 heterocycles. The van der Waals surface area contributed by atoms with Crippen molar-refractivity contribution in [1.82, 2.24) is 10.6 Å². The first-order valence-electron chi connectivity index (χ1n) is 11.8. The van der Waals surface area contributed by atoms with E-state index in [2.05, 4.69) is 31.8 Å². The van der Waals surface area contributed by atoms with Gasteiger partial charge in [-0.3, -0.25) is 4.79 Å². The van der Waals surface area contributed by atoms with Gasteiger partial charge in [0.25, 0.3) is 5.91 Å². The summed E-state index contributed by atoms with van der Waals surface area (Å²) in [5.74, 6) is 0.646. The maximum absolute atomic E-state index is 13.1. The monoisotopic (exact) mass is 483 g/mol. The molecule has 9 heteroatoms. The van der Waals surface area contributed by atoms with Crippen LogP contribution in [0.25, 0.3) is 0 Å². The quantitative estimate of drug-likeness (QED) is 0.499. The topological polar surface area (TPSA) is 95.2 Å². The number of nitrogens with zero attached hydrogens (tertiary/aromatic N) is 2. The fourth-order valence-corrected chi connectivity index (χ4v) is 4.02. The molecule has 0 aromatic heterocycles. The minimum atomic E-state index is -0.370. The van der Waals surface area contributed by atoms with Crippen LogP contribution in [0.2, 0.25) is 0 Å². The number of hydrogen-bond donors (Lipinski definition) is 3. The first-order chi connectivity index (χ1) is 16.7. The van der Waals surface area contributed by atoms with Gasteiger partial charge < -0.3 is 35.2 Å². The van der Waals surface area contributed by atoms with Gasteiger partial charge in [0.05, 0.1) is 25.0 Å². The van der Waals surface area contributed by atoms with Crippen molar-refractivity contribution in [1.29, 1.82) is 0 Å². The summed E-state index contributed by atoms with van der Waals surface area (Å²) in [7, 11) is 3.28. The summed E-state index contributed by atoms with van der Waals surface area (Å²) in [6.45, 7) is 9.63. The number of urea groups is 1. The number of hydrogen-bond acceptors (Lipinski definition) is 6. The standard InChI is InChI=1S/C26H37N5O4/c1-26(2,3)29-25(33)28-19-10-11-21(20(18-19)24(32)27-12-17-34-4)30-13-15-31(16-14-30)22-8-6-7-9-23(22)35-5/h6-11,18H,12-17H2,1-5H3,(H,27,32)(H2,28,29,33). The molecule has 3 rings (SSSR count). The summed E-state index contributed by atoms with van der Waals surface area (Å²) in [5, 5.41) is 8.61. The summed E-state index contributed by atoms with van der Waals surface area (Å²) in [5.41, 5.74) is 2.60. The van der Waals surface area contributed by atoms with Crippen molar-refractivity contribution in [3.05, 3.63) is 48.0 Å². The molecule has 190 valence electrons. The van der Waals surface area contributed by atoms with E-state index in [-0.39, 0.29) is 17.5 Å². The van der Waals surface area contributed by atoms with Crippen LogP contribution in [0, 0.1) is 0 Å². The molecule has 1 saturated heterocycles. The average Bonchev–Trinajstić information content (AvgIpc) is 2.83. The van der Waals surface area contributed by atoms with Gasteiger partial charge in [-0.05, 0) is 51.1 Å². The Hall–Kier alpha value is -3.46. The Morgan fingerprint density at radius 1 is 0.943 bits per heavy atom. The number of nitrogens with one attached hydrogen (secondary N) is 3. The number of benzene rings is 2. The third-order valence-electron chi connectivity index (χ3n) is 5.63. The Labute approximate surface area is 207 Å². The molecule has 2 aromatic rings. The Bertz CT molecular complexity index is 1010. The minimum Gasteiger partial charge on any atom is -0.495 e. The van der Waals surface area contributed by atoms with Crippen LogP contribution < -0.4 is 30.5 Å². The van der Waals surface area contributed by atoms with E-state index in [0.717, 1.165) is 43.3 Å². The molecular weight excluding hydrogens is 446 g/mol. The lowest BCUT2D eigenvalue weighted by Crippen LogP contribution is -2.47. The van der Waals surface area contributed by atoms with Gasteiger partial charge in [-0.2, -0.15) is 0 Å². The first kappa shape index (κ1) is 26.2. The lowest BCUT2D eigenvalue weighted by Gasteiger charge is -2.38. The molecule has 0 atom stereocenters. The Morgan fingerprint density at radius 3 is 2.23 bits per heavy atom. The Morgan fingerprint density at radius 2 is 1.60 bits per heavy atom. The smallest absolute Gasteiger partial charge is 0.319 e. The molecule has 0 spiro atoms. The van der Waals surface area contributed by atoms with Gasteiger partial charge in [0.2, 0.25) is 0 Å². The van der Waals surface area contributed by atoms with Gasteiger partial charge in [-0.15, -0.1) is 0 Å². The number of amides is 3. The highest BCUT2D eigenvalue weighted by Crippen LogP contribution is 2.31. The molecule has 1 fully saturated rings. The van der Waals surface area contributed by atoms with Crippen molar-refractivity contribution in [2.75, 3.05) is 68.7 Å². The maximum Gasteiger partial charge on any atom is 0.319 e. The molecule has 2 aromatic carbocycles.